The summed E-state index contributed by atoms with van der Waals surface area (Å²) in [5.41, 5.74) is 0.339. The quantitative estimate of drug-likeness (QED) is 0.690. The average molecular weight is 393 g/mol. The maximum absolute atomic E-state index is 13.3. The first-order valence-electron chi connectivity index (χ1n) is 9.91. The van der Waals surface area contributed by atoms with Gasteiger partial charge in [-0.1, -0.05) is 19.3 Å². The molecule has 4 rings (SSSR count). The lowest BCUT2D eigenvalue weighted by Gasteiger charge is -2.29. The monoisotopic (exact) mass is 393 g/mol. The highest BCUT2D eigenvalue weighted by Crippen LogP contribution is 2.25. The molecule has 2 N–H and O–H groups in total. The van der Waals surface area contributed by atoms with Crippen LogP contribution in [0.2, 0.25) is 0 Å². The van der Waals surface area contributed by atoms with Crippen molar-refractivity contribution >= 4 is 16.8 Å². The van der Waals surface area contributed by atoms with Crippen LogP contribution in [0.15, 0.2) is 46.4 Å². The molecule has 150 valence electrons. The molecule has 0 atom stereocenters. The number of nitrogens with one attached hydrogen (secondary N) is 2. The van der Waals surface area contributed by atoms with Gasteiger partial charge in [0.05, 0.1) is 17.6 Å². The average Bonchev–Trinajstić information content (AvgIpc) is 2.75. The smallest absolute Gasteiger partial charge is 0.325 e. The fourth-order valence-corrected chi connectivity index (χ4v) is 3.91. The van der Waals surface area contributed by atoms with Crippen molar-refractivity contribution in [2.75, 3.05) is 6.54 Å². The first-order valence-corrected chi connectivity index (χ1v) is 9.91. The largest absolute Gasteiger partial charge is 0.332 e. The van der Waals surface area contributed by atoms with Gasteiger partial charge in [0, 0.05) is 30.5 Å². The number of fused-ring (bicyclic) bond motifs is 1. The minimum Gasteiger partial charge on any atom is -0.332 e. The molecule has 1 fully saturated rings. The highest BCUT2D eigenvalue weighted by Gasteiger charge is 2.24. The molecule has 0 saturated heterocycles. The molecule has 0 spiro atoms. The van der Waals surface area contributed by atoms with E-state index in [2.05, 4.69) is 19.9 Å². The number of nitrogens with zero attached hydrogens (tertiary/aromatic N) is 3. The van der Waals surface area contributed by atoms with E-state index in [1.54, 1.807) is 29.4 Å². The van der Waals surface area contributed by atoms with Crippen LogP contribution in [-0.2, 0) is 6.54 Å². The van der Waals surface area contributed by atoms with Gasteiger partial charge in [0.25, 0.3) is 11.5 Å². The topological polar surface area (TPSA) is 112 Å². The lowest BCUT2D eigenvalue weighted by molar-refractivity contribution is 0.0692. The van der Waals surface area contributed by atoms with E-state index >= 15 is 0 Å². The van der Waals surface area contributed by atoms with E-state index in [-0.39, 0.29) is 12.5 Å². The molecule has 0 radical (unpaired) electrons. The SMILES string of the molecule is O=C(c1ccc2cnccc2n1)N(Cc1c[nH]c(=O)[nH]c1=O)CC1CCCCC1. The number of aromatic nitrogens is 4. The van der Waals surface area contributed by atoms with Gasteiger partial charge in [-0.3, -0.25) is 19.6 Å². The summed E-state index contributed by atoms with van der Waals surface area (Å²) in [6, 6.07) is 5.29. The summed E-state index contributed by atoms with van der Waals surface area (Å²) in [5, 5.41) is 0.861. The maximum Gasteiger partial charge on any atom is 0.325 e. The molecule has 29 heavy (non-hydrogen) atoms. The molecule has 1 aliphatic rings. The molecule has 1 amide bonds. The standard InChI is InChI=1S/C21H23N5O3/c27-19-16(11-23-21(29)25-19)13-26(12-14-4-2-1-3-5-14)20(28)18-7-6-15-10-22-9-8-17(15)24-18/h6-11,14H,1-5,12-13H2,(H2,23,25,27,29). The minimum atomic E-state index is -0.561. The second-order valence-corrected chi connectivity index (χ2v) is 7.55. The number of aromatic amines is 2. The summed E-state index contributed by atoms with van der Waals surface area (Å²) in [6.45, 7) is 0.685. The maximum atomic E-state index is 13.3. The van der Waals surface area contributed by atoms with Crippen molar-refractivity contribution in [2.24, 2.45) is 5.92 Å². The number of carbonyl (C=O) groups is 1. The van der Waals surface area contributed by atoms with Gasteiger partial charge in [0.15, 0.2) is 0 Å². The van der Waals surface area contributed by atoms with Crippen molar-refractivity contribution in [3.05, 3.63) is 68.9 Å². The Morgan fingerprint density at radius 2 is 1.97 bits per heavy atom. The van der Waals surface area contributed by atoms with Gasteiger partial charge in [-0.25, -0.2) is 9.78 Å². The van der Waals surface area contributed by atoms with Crippen LogP contribution in [0.4, 0.5) is 0 Å². The van der Waals surface area contributed by atoms with Gasteiger partial charge in [0.1, 0.15) is 5.69 Å². The van der Waals surface area contributed by atoms with Crippen molar-refractivity contribution in [3.63, 3.8) is 0 Å². The molecule has 0 bridgehead atoms. The number of rotatable bonds is 5. The highest BCUT2D eigenvalue weighted by molar-refractivity contribution is 5.94. The van der Waals surface area contributed by atoms with Crippen molar-refractivity contribution in [3.8, 4) is 0 Å². The van der Waals surface area contributed by atoms with Gasteiger partial charge >= 0.3 is 5.69 Å². The summed E-state index contributed by atoms with van der Waals surface area (Å²) in [6.07, 6.45) is 10.4. The van der Waals surface area contributed by atoms with Crippen molar-refractivity contribution in [1.29, 1.82) is 0 Å². The van der Waals surface area contributed by atoms with E-state index in [9.17, 15) is 14.4 Å². The predicted molar refractivity (Wildman–Crippen MR) is 109 cm³/mol. The third-order valence-electron chi connectivity index (χ3n) is 5.46. The third kappa shape index (κ3) is 4.42. The molecular formula is C21H23N5O3. The molecular weight excluding hydrogens is 370 g/mol. The summed E-state index contributed by atoms with van der Waals surface area (Å²) in [5.74, 6) is 0.180. The number of H-pyrrole nitrogens is 2. The van der Waals surface area contributed by atoms with Gasteiger partial charge < -0.3 is 9.88 Å². The van der Waals surface area contributed by atoms with Gasteiger partial charge in [0.2, 0.25) is 0 Å². The first-order chi connectivity index (χ1) is 14.1. The fraction of sp³-hybridized carbons (Fsp3) is 0.381. The molecule has 3 aromatic rings. The van der Waals surface area contributed by atoms with Crippen LogP contribution in [0, 0.1) is 5.92 Å². The van der Waals surface area contributed by atoms with Crippen LogP contribution < -0.4 is 11.2 Å². The molecule has 8 heteroatoms. The number of carbonyl (C=O) groups excluding carboxylic acids is 1. The molecule has 1 aliphatic carbocycles. The van der Waals surface area contributed by atoms with E-state index < -0.39 is 11.2 Å². The van der Waals surface area contributed by atoms with E-state index in [1.807, 2.05) is 6.07 Å². The highest BCUT2D eigenvalue weighted by atomic mass is 16.2. The Morgan fingerprint density at radius 1 is 1.14 bits per heavy atom. The summed E-state index contributed by atoms with van der Waals surface area (Å²) < 4.78 is 0. The zero-order valence-corrected chi connectivity index (χ0v) is 16.1. The first kappa shape index (κ1) is 19.0. The third-order valence-corrected chi connectivity index (χ3v) is 5.46. The van der Waals surface area contributed by atoms with Gasteiger partial charge in [-0.2, -0.15) is 0 Å². The van der Waals surface area contributed by atoms with Crippen LogP contribution in [0.1, 0.15) is 48.2 Å². The Morgan fingerprint density at radius 3 is 2.76 bits per heavy atom. The van der Waals surface area contributed by atoms with Crippen LogP contribution in [-0.4, -0.2) is 37.3 Å². The predicted octanol–water partition coefficient (Wildman–Crippen LogP) is 2.23. The van der Waals surface area contributed by atoms with Crippen LogP contribution in [0.5, 0.6) is 0 Å². The fourth-order valence-electron chi connectivity index (χ4n) is 3.91. The van der Waals surface area contributed by atoms with Crippen molar-refractivity contribution in [2.45, 2.75) is 38.6 Å². The second kappa shape index (κ2) is 8.38. The molecule has 8 nitrogen and oxygen atoms in total. The zero-order valence-electron chi connectivity index (χ0n) is 16.1. The van der Waals surface area contributed by atoms with Crippen LogP contribution >= 0.6 is 0 Å². The number of hydrogen-bond acceptors (Lipinski definition) is 5. The Labute approximate surface area is 167 Å². The Balaban J connectivity index is 1.64. The van der Waals surface area contributed by atoms with E-state index in [1.165, 1.54) is 12.6 Å². The Bertz CT molecular complexity index is 1130. The molecule has 1 saturated carbocycles. The Hall–Kier alpha value is -3.29. The second-order valence-electron chi connectivity index (χ2n) is 7.55. The van der Waals surface area contributed by atoms with Crippen LogP contribution in [0.25, 0.3) is 10.9 Å². The van der Waals surface area contributed by atoms with Gasteiger partial charge in [-0.05, 0) is 37.0 Å². The van der Waals surface area contributed by atoms with E-state index in [0.717, 1.165) is 31.1 Å². The normalized spacial score (nSPS) is 14.8. The summed E-state index contributed by atoms with van der Waals surface area (Å²) in [7, 11) is 0. The van der Waals surface area contributed by atoms with E-state index in [0.29, 0.717) is 29.2 Å². The number of amides is 1. The van der Waals surface area contributed by atoms with Crippen molar-refractivity contribution in [1.82, 2.24) is 24.8 Å². The van der Waals surface area contributed by atoms with Crippen molar-refractivity contribution < 1.29 is 4.79 Å². The molecule has 0 unspecified atom stereocenters. The molecule has 3 aromatic heterocycles. The minimum absolute atomic E-state index is 0.123. The van der Waals surface area contributed by atoms with Gasteiger partial charge in [-0.15, -0.1) is 0 Å². The molecule has 3 heterocycles. The Kier molecular flexibility index (Phi) is 5.50. The summed E-state index contributed by atoms with van der Waals surface area (Å²) >= 11 is 0. The van der Waals surface area contributed by atoms with Crippen LogP contribution in [0.3, 0.4) is 0 Å². The zero-order chi connectivity index (χ0) is 20.2. The molecule has 0 aliphatic heterocycles. The molecule has 0 aromatic carbocycles. The van der Waals surface area contributed by atoms with E-state index in [4.69, 9.17) is 0 Å². The number of hydrogen-bond donors (Lipinski definition) is 2. The lowest BCUT2D eigenvalue weighted by Crippen LogP contribution is -2.38. The number of pyridine rings is 2. The lowest BCUT2D eigenvalue weighted by atomic mass is 9.89. The summed E-state index contributed by atoms with van der Waals surface area (Å²) in [4.78, 5) is 51.7.